The van der Waals surface area contributed by atoms with Crippen molar-refractivity contribution in [3.8, 4) is 10.7 Å². The predicted octanol–water partition coefficient (Wildman–Crippen LogP) is 4.22. The number of hydrogen-bond acceptors (Lipinski definition) is 6. The molecule has 0 aliphatic rings. The molecular formula is C18H19ClN4O2S. The Hall–Kier alpha value is -2.22. The average molecular weight is 391 g/mol. The SMILES string of the molecule is CCN(CC(=O)Nc1cc(Cl)ccc1C)Cc1nc(-c2cccs2)no1. The Balaban J connectivity index is 1.60. The topological polar surface area (TPSA) is 71.3 Å². The van der Waals surface area contributed by atoms with E-state index in [2.05, 4.69) is 15.5 Å². The molecule has 8 heteroatoms. The molecule has 2 heterocycles. The predicted molar refractivity (Wildman–Crippen MR) is 103 cm³/mol. The first-order chi connectivity index (χ1) is 12.5. The van der Waals surface area contributed by atoms with Crippen molar-refractivity contribution >= 4 is 34.5 Å². The first-order valence-electron chi connectivity index (χ1n) is 8.20. The molecule has 136 valence electrons. The maximum atomic E-state index is 12.4. The number of benzene rings is 1. The summed E-state index contributed by atoms with van der Waals surface area (Å²) in [5, 5.41) is 9.45. The van der Waals surface area contributed by atoms with Crippen LogP contribution in [0.4, 0.5) is 5.69 Å². The Morgan fingerprint density at radius 1 is 1.38 bits per heavy atom. The highest BCUT2D eigenvalue weighted by Gasteiger charge is 2.16. The number of amides is 1. The Labute approximate surface area is 160 Å². The van der Waals surface area contributed by atoms with Gasteiger partial charge in [-0.05, 0) is 42.6 Å². The number of rotatable bonds is 7. The fourth-order valence-corrected chi connectivity index (χ4v) is 3.24. The van der Waals surface area contributed by atoms with Crippen molar-refractivity contribution in [1.82, 2.24) is 15.0 Å². The van der Waals surface area contributed by atoms with Gasteiger partial charge in [-0.1, -0.05) is 35.8 Å². The molecule has 1 N–H and O–H groups in total. The minimum Gasteiger partial charge on any atom is -0.338 e. The van der Waals surface area contributed by atoms with Gasteiger partial charge in [0, 0.05) is 10.7 Å². The highest BCUT2D eigenvalue weighted by atomic mass is 35.5. The van der Waals surface area contributed by atoms with Gasteiger partial charge in [0.15, 0.2) is 0 Å². The van der Waals surface area contributed by atoms with Crippen LogP contribution in [-0.2, 0) is 11.3 Å². The van der Waals surface area contributed by atoms with E-state index in [4.69, 9.17) is 16.1 Å². The number of nitrogens with zero attached hydrogens (tertiary/aromatic N) is 3. The molecule has 6 nitrogen and oxygen atoms in total. The van der Waals surface area contributed by atoms with Crippen LogP contribution in [0, 0.1) is 6.92 Å². The lowest BCUT2D eigenvalue weighted by Gasteiger charge is -2.18. The molecule has 3 aromatic rings. The molecule has 3 rings (SSSR count). The highest BCUT2D eigenvalue weighted by molar-refractivity contribution is 7.13. The van der Waals surface area contributed by atoms with E-state index < -0.39 is 0 Å². The van der Waals surface area contributed by atoms with Gasteiger partial charge in [-0.3, -0.25) is 9.69 Å². The monoisotopic (exact) mass is 390 g/mol. The van der Waals surface area contributed by atoms with Gasteiger partial charge < -0.3 is 9.84 Å². The average Bonchev–Trinajstić information content (AvgIpc) is 3.28. The molecule has 0 radical (unpaired) electrons. The number of carbonyl (C=O) groups is 1. The van der Waals surface area contributed by atoms with E-state index in [0.717, 1.165) is 16.1 Å². The first kappa shape index (κ1) is 18.6. The highest BCUT2D eigenvalue weighted by Crippen LogP contribution is 2.22. The van der Waals surface area contributed by atoms with Crippen LogP contribution in [0.5, 0.6) is 0 Å². The second-order valence-corrected chi connectivity index (χ2v) is 7.18. The van der Waals surface area contributed by atoms with E-state index >= 15 is 0 Å². The van der Waals surface area contributed by atoms with Crippen molar-refractivity contribution in [2.45, 2.75) is 20.4 Å². The number of aromatic nitrogens is 2. The molecule has 0 spiro atoms. The van der Waals surface area contributed by atoms with Crippen molar-refractivity contribution < 1.29 is 9.32 Å². The summed E-state index contributed by atoms with van der Waals surface area (Å²) in [6, 6.07) is 9.30. The molecule has 0 atom stereocenters. The molecule has 0 saturated carbocycles. The fraction of sp³-hybridized carbons (Fsp3) is 0.278. The molecule has 0 saturated heterocycles. The third-order valence-corrected chi connectivity index (χ3v) is 4.96. The molecule has 0 unspecified atom stereocenters. The zero-order valence-electron chi connectivity index (χ0n) is 14.5. The minimum absolute atomic E-state index is 0.116. The zero-order valence-corrected chi connectivity index (χ0v) is 16.1. The molecule has 0 fully saturated rings. The number of carbonyl (C=O) groups excluding carboxylic acids is 1. The van der Waals surface area contributed by atoms with E-state index in [0.29, 0.717) is 29.8 Å². The number of likely N-dealkylation sites (N-methyl/N-ethyl adjacent to an activating group) is 1. The van der Waals surface area contributed by atoms with Gasteiger partial charge >= 0.3 is 0 Å². The van der Waals surface area contributed by atoms with Crippen LogP contribution in [0.15, 0.2) is 40.2 Å². The Morgan fingerprint density at radius 2 is 2.23 bits per heavy atom. The largest absolute Gasteiger partial charge is 0.338 e. The Bertz CT molecular complexity index is 879. The number of hydrogen-bond donors (Lipinski definition) is 1. The summed E-state index contributed by atoms with van der Waals surface area (Å²) in [5.74, 6) is 0.947. The maximum Gasteiger partial charge on any atom is 0.241 e. The lowest BCUT2D eigenvalue weighted by atomic mass is 10.2. The number of aryl methyl sites for hydroxylation is 1. The molecular weight excluding hydrogens is 372 g/mol. The summed E-state index contributed by atoms with van der Waals surface area (Å²) in [4.78, 5) is 19.7. The summed E-state index contributed by atoms with van der Waals surface area (Å²) in [6.07, 6.45) is 0. The van der Waals surface area contributed by atoms with Crippen molar-refractivity contribution in [3.05, 3.63) is 52.2 Å². The van der Waals surface area contributed by atoms with Crippen LogP contribution in [0.1, 0.15) is 18.4 Å². The van der Waals surface area contributed by atoms with E-state index in [-0.39, 0.29) is 12.5 Å². The molecule has 0 aliphatic carbocycles. The van der Waals surface area contributed by atoms with Gasteiger partial charge in [-0.2, -0.15) is 4.98 Å². The summed E-state index contributed by atoms with van der Waals surface area (Å²) < 4.78 is 5.31. The summed E-state index contributed by atoms with van der Waals surface area (Å²) >= 11 is 7.55. The third kappa shape index (κ3) is 4.69. The quantitative estimate of drug-likeness (QED) is 0.653. The Morgan fingerprint density at radius 3 is 2.96 bits per heavy atom. The van der Waals surface area contributed by atoms with Gasteiger partial charge in [-0.15, -0.1) is 11.3 Å². The Kier molecular flexibility index (Phi) is 6.03. The second kappa shape index (κ2) is 8.44. The number of anilines is 1. The van der Waals surface area contributed by atoms with Crippen LogP contribution in [-0.4, -0.2) is 34.0 Å². The van der Waals surface area contributed by atoms with Gasteiger partial charge in [0.25, 0.3) is 0 Å². The van der Waals surface area contributed by atoms with Gasteiger partial charge in [0.2, 0.25) is 17.6 Å². The maximum absolute atomic E-state index is 12.4. The van der Waals surface area contributed by atoms with Crippen molar-refractivity contribution in [3.63, 3.8) is 0 Å². The smallest absolute Gasteiger partial charge is 0.241 e. The summed E-state index contributed by atoms with van der Waals surface area (Å²) in [5.41, 5.74) is 1.68. The van der Waals surface area contributed by atoms with E-state index in [9.17, 15) is 4.79 Å². The van der Waals surface area contributed by atoms with Crippen molar-refractivity contribution in [1.29, 1.82) is 0 Å². The van der Waals surface area contributed by atoms with Crippen LogP contribution in [0.2, 0.25) is 5.02 Å². The first-order valence-corrected chi connectivity index (χ1v) is 9.45. The molecule has 0 aliphatic heterocycles. The summed E-state index contributed by atoms with van der Waals surface area (Å²) in [7, 11) is 0. The molecule has 0 bridgehead atoms. The number of halogens is 1. The van der Waals surface area contributed by atoms with Gasteiger partial charge in [0.1, 0.15) is 0 Å². The third-order valence-electron chi connectivity index (χ3n) is 3.86. The van der Waals surface area contributed by atoms with Crippen molar-refractivity contribution in [2.75, 3.05) is 18.4 Å². The van der Waals surface area contributed by atoms with Gasteiger partial charge in [-0.25, -0.2) is 0 Å². The summed E-state index contributed by atoms with van der Waals surface area (Å²) in [6.45, 7) is 5.22. The van der Waals surface area contributed by atoms with Crippen LogP contribution in [0.3, 0.4) is 0 Å². The normalized spacial score (nSPS) is 11.1. The minimum atomic E-state index is -0.116. The van der Waals surface area contributed by atoms with Gasteiger partial charge in [0.05, 0.1) is 18.0 Å². The molecule has 1 aromatic carbocycles. The van der Waals surface area contributed by atoms with E-state index in [1.807, 2.05) is 42.3 Å². The fourth-order valence-electron chi connectivity index (χ4n) is 2.42. The van der Waals surface area contributed by atoms with Crippen LogP contribution >= 0.6 is 22.9 Å². The molecule has 1 amide bonds. The lowest BCUT2D eigenvalue weighted by Crippen LogP contribution is -2.33. The van der Waals surface area contributed by atoms with Crippen LogP contribution in [0.25, 0.3) is 10.7 Å². The second-order valence-electron chi connectivity index (χ2n) is 5.80. The standard InChI is InChI=1S/C18H19ClN4O2S/c1-3-23(10-16(24)20-14-9-13(19)7-6-12(14)2)11-17-21-18(22-25-17)15-5-4-8-26-15/h4-9H,3,10-11H2,1-2H3,(H,20,24). The zero-order chi connectivity index (χ0) is 18.5. The molecule has 2 aromatic heterocycles. The van der Waals surface area contributed by atoms with E-state index in [1.165, 1.54) is 0 Å². The van der Waals surface area contributed by atoms with E-state index in [1.54, 1.807) is 23.5 Å². The molecule has 26 heavy (non-hydrogen) atoms. The van der Waals surface area contributed by atoms with Crippen LogP contribution < -0.4 is 5.32 Å². The van der Waals surface area contributed by atoms with Crippen molar-refractivity contribution in [2.24, 2.45) is 0 Å². The number of nitrogens with one attached hydrogen (secondary N) is 1. The lowest BCUT2D eigenvalue weighted by molar-refractivity contribution is -0.117. The number of thiophene rings is 1.